The van der Waals surface area contributed by atoms with E-state index in [1.54, 1.807) is 0 Å². The normalized spacial score (nSPS) is 12.1. The lowest BCUT2D eigenvalue weighted by molar-refractivity contribution is 0.272. The second kappa shape index (κ2) is 5.15. The van der Waals surface area contributed by atoms with Crippen LogP contribution in [0.25, 0.3) is 0 Å². The van der Waals surface area contributed by atoms with Gasteiger partial charge in [-0.3, -0.25) is 0 Å². The third-order valence-electron chi connectivity index (χ3n) is 1.81. The minimum Gasteiger partial charge on any atom is -0.394 e. The van der Waals surface area contributed by atoms with Crippen molar-refractivity contribution in [2.45, 2.75) is 19.4 Å². The molecule has 76 valence electrons. The van der Waals surface area contributed by atoms with Crippen LogP contribution in [0.3, 0.4) is 0 Å². The highest BCUT2D eigenvalue weighted by Crippen LogP contribution is 2.28. The Morgan fingerprint density at radius 3 is 3.00 bits per heavy atom. The van der Waals surface area contributed by atoms with Gasteiger partial charge in [0.15, 0.2) is 5.15 Å². The summed E-state index contributed by atoms with van der Waals surface area (Å²) in [6, 6.07) is 1.91. The third-order valence-corrected chi connectivity index (χ3v) is 2.96. The van der Waals surface area contributed by atoms with Crippen LogP contribution in [0.2, 0.25) is 5.15 Å². The van der Waals surface area contributed by atoms with E-state index < -0.39 is 0 Å². The number of anilines is 1. The minimum absolute atomic E-state index is 0.0247. The molecule has 0 radical (unpaired) electrons. The summed E-state index contributed by atoms with van der Waals surface area (Å²) in [7, 11) is 0. The second-order valence-electron chi connectivity index (χ2n) is 2.72. The highest BCUT2D eigenvalue weighted by Gasteiger charge is 2.14. The van der Waals surface area contributed by atoms with Gasteiger partial charge < -0.3 is 10.4 Å². The van der Waals surface area contributed by atoms with E-state index >= 15 is 0 Å². The zero-order chi connectivity index (χ0) is 10.6. The van der Waals surface area contributed by atoms with Crippen LogP contribution < -0.4 is 5.32 Å². The molecule has 0 spiro atoms. The standard InChI is InChI=1S/C8H10ClN3OS/c1-2-5(4-13)11-8-6(3-10)7(9)12-14-8/h5,11,13H,2,4H2,1H3/t5-/m0/s1. The van der Waals surface area contributed by atoms with E-state index in [4.69, 9.17) is 22.0 Å². The minimum atomic E-state index is -0.0568. The van der Waals surface area contributed by atoms with Crippen molar-refractivity contribution >= 4 is 28.1 Å². The number of hydrogen-bond acceptors (Lipinski definition) is 5. The zero-order valence-corrected chi connectivity index (χ0v) is 9.19. The van der Waals surface area contributed by atoms with Gasteiger partial charge >= 0.3 is 0 Å². The Labute approximate surface area is 91.3 Å². The molecule has 0 aliphatic rings. The van der Waals surface area contributed by atoms with Crippen LogP contribution in [-0.4, -0.2) is 22.1 Å². The zero-order valence-electron chi connectivity index (χ0n) is 7.62. The summed E-state index contributed by atoms with van der Waals surface area (Å²) in [4.78, 5) is 0. The molecular weight excluding hydrogens is 222 g/mol. The molecule has 0 saturated carbocycles. The van der Waals surface area contributed by atoms with Crippen molar-refractivity contribution in [3.63, 3.8) is 0 Å². The van der Waals surface area contributed by atoms with Crippen molar-refractivity contribution < 1.29 is 5.11 Å². The Balaban J connectivity index is 2.81. The first-order valence-electron chi connectivity index (χ1n) is 4.15. The summed E-state index contributed by atoms with van der Waals surface area (Å²) < 4.78 is 3.85. The van der Waals surface area contributed by atoms with Gasteiger partial charge in [-0.2, -0.15) is 9.64 Å². The lowest BCUT2D eigenvalue weighted by atomic mass is 10.2. The maximum Gasteiger partial charge on any atom is 0.162 e. The Bertz CT molecular complexity index is 343. The molecule has 4 nitrogen and oxygen atoms in total. The van der Waals surface area contributed by atoms with Crippen LogP contribution >= 0.6 is 23.1 Å². The predicted octanol–water partition coefficient (Wildman–Crippen LogP) is 1.85. The van der Waals surface area contributed by atoms with Crippen LogP contribution in [0, 0.1) is 11.3 Å². The van der Waals surface area contributed by atoms with Gasteiger partial charge in [0.25, 0.3) is 0 Å². The first-order chi connectivity index (χ1) is 6.72. The number of hydrogen-bond donors (Lipinski definition) is 2. The van der Waals surface area contributed by atoms with E-state index in [-0.39, 0.29) is 17.8 Å². The lowest BCUT2D eigenvalue weighted by Gasteiger charge is -2.13. The van der Waals surface area contributed by atoms with Crippen LogP contribution in [0.5, 0.6) is 0 Å². The number of aromatic nitrogens is 1. The molecule has 0 fully saturated rings. The molecule has 1 rings (SSSR count). The number of aliphatic hydroxyl groups is 1. The Morgan fingerprint density at radius 1 is 1.79 bits per heavy atom. The van der Waals surface area contributed by atoms with E-state index in [9.17, 15) is 0 Å². The Morgan fingerprint density at radius 2 is 2.50 bits per heavy atom. The SMILES string of the molecule is CC[C@@H](CO)Nc1snc(Cl)c1C#N. The molecule has 0 saturated heterocycles. The van der Waals surface area contributed by atoms with Crippen molar-refractivity contribution in [2.24, 2.45) is 0 Å². The molecule has 1 aromatic rings. The van der Waals surface area contributed by atoms with Gasteiger partial charge in [0.2, 0.25) is 0 Å². The molecule has 0 amide bonds. The molecule has 0 aliphatic heterocycles. The number of nitrogens with one attached hydrogen (secondary N) is 1. The Hall–Kier alpha value is -0.830. The topological polar surface area (TPSA) is 68.9 Å². The highest BCUT2D eigenvalue weighted by molar-refractivity contribution is 7.10. The fraction of sp³-hybridized carbons (Fsp3) is 0.500. The fourth-order valence-electron chi connectivity index (χ4n) is 0.928. The van der Waals surface area contributed by atoms with E-state index in [0.717, 1.165) is 18.0 Å². The molecule has 2 N–H and O–H groups in total. The quantitative estimate of drug-likeness (QED) is 0.830. The Kier molecular flexibility index (Phi) is 4.14. The molecule has 0 aliphatic carbocycles. The molecule has 6 heteroatoms. The monoisotopic (exact) mass is 231 g/mol. The highest BCUT2D eigenvalue weighted by atomic mass is 35.5. The first kappa shape index (κ1) is 11.2. The third kappa shape index (κ3) is 2.35. The number of halogens is 1. The molecule has 1 atom stereocenters. The first-order valence-corrected chi connectivity index (χ1v) is 5.30. The van der Waals surface area contributed by atoms with Crippen LogP contribution in [0.4, 0.5) is 5.00 Å². The molecule has 0 unspecified atom stereocenters. The summed E-state index contributed by atoms with van der Waals surface area (Å²) >= 11 is 6.82. The number of rotatable bonds is 4. The van der Waals surface area contributed by atoms with Crippen molar-refractivity contribution in [1.82, 2.24) is 4.37 Å². The van der Waals surface area contributed by atoms with Gasteiger partial charge in [-0.1, -0.05) is 18.5 Å². The average Bonchev–Trinajstić information content (AvgIpc) is 2.55. The van der Waals surface area contributed by atoms with Crippen molar-refractivity contribution in [3.05, 3.63) is 10.7 Å². The smallest absolute Gasteiger partial charge is 0.162 e. The summed E-state index contributed by atoms with van der Waals surface area (Å²) in [6.45, 7) is 1.97. The summed E-state index contributed by atoms with van der Waals surface area (Å²) in [5.41, 5.74) is 0.351. The summed E-state index contributed by atoms with van der Waals surface area (Å²) in [5.74, 6) is 0. The van der Waals surface area contributed by atoms with Crippen LogP contribution in [0.15, 0.2) is 0 Å². The molecule has 0 aromatic carbocycles. The largest absolute Gasteiger partial charge is 0.394 e. The van der Waals surface area contributed by atoms with E-state index in [2.05, 4.69) is 9.69 Å². The predicted molar refractivity (Wildman–Crippen MR) is 56.6 cm³/mol. The van der Waals surface area contributed by atoms with Gasteiger partial charge in [-0.05, 0) is 18.0 Å². The van der Waals surface area contributed by atoms with Crippen LogP contribution in [0.1, 0.15) is 18.9 Å². The van der Waals surface area contributed by atoms with Gasteiger partial charge in [0.05, 0.1) is 6.61 Å². The fourth-order valence-corrected chi connectivity index (χ4v) is 1.94. The van der Waals surface area contributed by atoms with Crippen LogP contribution in [-0.2, 0) is 0 Å². The van der Waals surface area contributed by atoms with E-state index in [1.807, 2.05) is 13.0 Å². The second-order valence-corrected chi connectivity index (χ2v) is 3.85. The van der Waals surface area contributed by atoms with E-state index in [0.29, 0.717) is 10.6 Å². The molecule has 1 aromatic heterocycles. The lowest BCUT2D eigenvalue weighted by Crippen LogP contribution is -2.22. The number of nitriles is 1. The summed E-state index contributed by atoms with van der Waals surface area (Å²) in [6.07, 6.45) is 0.775. The number of aliphatic hydroxyl groups excluding tert-OH is 1. The van der Waals surface area contributed by atoms with E-state index in [1.165, 1.54) is 0 Å². The van der Waals surface area contributed by atoms with Gasteiger partial charge in [-0.25, -0.2) is 0 Å². The summed E-state index contributed by atoms with van der Waals surface area (Å²) in [5, 5.41) is 21.6. The van der Waals surface area contributed by atoms with Crippen molar-refractivity contribution in [1.29, 1.82) is 5.26 Å². The molecule has 0 bridgehead atoms. The van der Waals surface area contributed by atoms with Gasteiger partial charge in [0.1, 0.15) is 16.6 Å². The maximum atomic E-state index is 8.96. The number of nitrogens with zero attached hydrogens (tertiary/aromatic N) is 2. The molecular formula is C8H10ClN3OS. The average molecular weight is 232 g/mol. The van der Waals surface area contributed by atoms with Crippen molar-refractivity contribution in [2.75, 3.05) is 11.9 Å². The maximum absolute atomic E-state index is 8.96. The van der Waals surface area contributed by atoms with Gasteiger partial charge in [-0.15, -0.1) is 0 Å². The van der Waals surface area contributed by atoms with Gasteiger partial charge in [0, 0.05) is 6.04 Å². The molecule has 14 heavy (non-hydrogen) atoms. The van der Waals surface area contributed by atoms with Crippen molar-refractivity contribution in [3.8, 4) is 6.07 Å². The molecule has 1 heterocycles.